The van der Waals surface area contributed by atoms with Crippen molar-refractivity contribution in [2.45, 2.75) is 26.4 Å². The molecule has 0 aliphatic carbocycles. The van der Waals surface area contributed by atoms with Gasteiger partial charge < -0.3 is 14.8 Å². The van der Waals surface area contributed by atoms with Crippen LogP contribution >= 0.6 is 0 Å². The second-order valence-corrected chi connectivity index (χ2v) is 5.08. The van der Waals surface area contributed by atoms with Gasteiger partial charge in [0.25, 0.3) is 0 Å². The predicted molar refractivity (Wildman–Crippen MR) is 81.4 cm³/mol. The van der Waals surface area contributed by atoms with Gasteiger partial charge in [0.05, 0.1) is 7.11 Å². The third-order valence-corrected chi connectivity index (χ3v) is 2.98. The fourth-order valence-corrected chi connectivity index (χ4v) is 1.85. The summed E-state index contributed by atoms with van der Waals surface area (Å²) >= 11 is 0. The summed E-state index contributed by atoms with van der Waals surface area (Å²) in [5.74, 6) is 1.05. The Labute approximate surface area is 124 Å². The molecule has 2 aromatic carbocycles. The summed E-state index contributed by atoms with van der Waals surface area (Å²) in [6.45, 7) is 4.74. The van der Waals surface area contributed by atoms with Crippen molar-refractivity contribution in [1.82, 2.24) is 5.32 Å². The maximum Gasteiger partial charge on any atom is 0.166 e. The van der Waals surface area contributed by atoms with Crippen LogP contribution in [0.5, 0.6) is 17.2 Å². The first kappa shape index (κ1) is 15.3. The van der Waals surface area contributed by atoms with E-state index in [1.165, 1.54) is 6.07 Å². The van der Waals surface area contributed by atoms with Crippen LogP contribution in [0.3, 0.4) is 0 Å². The van der Waals surface area contributed by atoms with Crippen LogP contribution in [0.2, 0.25) is 0 Å². The summed E-state index contributed by atoms with van der Waals surface area (Å²) < 4.78 is 24.7. The number of hydrogen-bond acceptors (Lipinski definition) is 3. The van der Waals surface area contributed by atoms with Gasteiger partial charge in [-0.25, -0.2) is 4.39 Å². The van der Waals surface area contributed by atoms with E-state index in [1.807, 2.05) is 12.1 Å². The van der Waals surface area contributed by atoms with Crippen molar-refractivity contribution < 1.29 is 13.9 Å². The zero-order chi connectivity index (χ0) is 15.2. The number of halogens is 1. The lowest BCUT2D eigenvalue weighted by Gasteiger charge is -2.11. The lowest BCUT2D eigenvalue weighted by Crippen LogP contribution is -2.21. The number of hydrogen-bond donors (Lipinski definition) is 1. The van der Waals surface area contributed by atoms with Gasteiger partial charge in [0.2, 0.25) is 0 Å². The van der Waals surface area contributed by atoms with Crippen molar-refractivity contribution >= 4 is 0 Å². The van der Waals surface area contributed by atoms with Crippen LogP contribution in [-0.2, 0) is 6.54 Å². The molecule has 0 spiro atoms. The van der Waals surface area contributed by atoms with Crippen molar-refractivity contribution in [3.8, 4) is 17.2 Å². The molecule has 4 heteroatoms. The summed E-state index contributed by atoms with van der Waals surface area (Å²) in [7, 11) is 1.58. The first-order valence-electron chi connectivity index (χ1n) is 6.92. The lowest BCUT2D eigenvalue weighted by molar-refractivity contribution is 0.405. The summed E-state index contributed by atoms with van der Waals surface area (Å²) in [5, 5.41) is 3.25. The summed E-state index contributed by atoms with van der Waals surface area (Å²) in [4.78, 5) is 0. The highest BCUT2D eigenvalue weighted by atomic mass is 19.1. The number of rotatable bonds is 6. The molecule has 0 radical (unpaired) electrons. The van der Waals surface area contributed by atoms with Gasteiger partial charge in [-0.1, -0.05) is 26.0 Å². The summed E-state index contributed by atoms with van der Waals surface area (Å²) in [6, 6.07) is 12.4. The maximum atomic E-state index is 14.1. The molecule has 0 aliphatic heterocycles. The Morgan fingerprint density at radius 3 is 2.52 bits per heavy atom. The van der Waals surface area contributed by atoms with E-state index < -0.39 is 0 Å². The molecule has 0 aromatic heterocycles. The molecule has 21 heavy (non-hydrogen) atoms. The van der Waals surface area contributed by atoms with Crippen LogP contribution in [0, 0.1) is 5.82 Å². The lowest BCUT2D eigenvalue weighted by atomic mass is 10.2. The summed E-state index contributed by atoms with van der Waals surface area (Å²) in [5.41, 5.74) is 0.888. The Kier molecular flexibility index (Phi) is 5.17. The highest BCUT2D eigenvalue weighted by Gasteiger charge is 2.07. The molecule has 0 atom stereocenters. The third-order valence-electron chi connectivity index (χ3n) is 2.98. The first-order chi connectivity index (χ1) is 10.1. The molecule has 0 aliphatic rings. The van der Waals surface area contributed by atoms with Gasteiger partial charge >= 0.3 is 0 Å². The van der Waals surface area contributed by atoms with Gasteiger partial charge in [-0.2, -0.15) is 0 Å². The number of nitrogens with one attached hydrogen (secondary N) is 1. The molecule has 2 aromatic rings. The minimum atomic E-state index is -0.374. The number of ether oxygens (including phenoxy) is 2. The predicted octanol–water partition coefficient (Wildman–Crippen LogP) is 4.12. The molecule has 0 fully saturated rings. The van der Waals surface area contributed by atoms with Crippen molar-refractivity contribution in [2.75, 3.05) is 7.11 Å². The van der Waals surface area contributed by atoms with E-state index >= 15 is 0 Å². The number of benzene rings is 2. The Balaban J connectivity index is 2.09. The highest BCUT2D eigenvalue weighted by molar-refractivity contribution is 5.38. The van der Waals surface area contributed by atoms with Crippen LogP contribution in [0.1, 0.15) is 19.4 Å². The maximum absolute atomic E-state index is 14.1. The molecule has 1 N–H and O–H groups in total. The van der Waals surface area contributed by atoms with E-state index in [-0.39, 0.29) is 11.6 Å². The van der Waals surface area contributed by atoms with Crippen LogP contribution in [0.15, 0.2) is 42.5 Å². The molecule has 0 saturated heterocycles. The fourth-order valence-electron chi connectivity index (χ4n) is 1.85. The Hall–Kier alpha value is -2.07. The zero-order valence-corrected chi connectivity index (χ0v) is 12.5. The van der Waals surface area contributed by atoms with Gasteiger partial charge in [0.1, 0.15) is 11.5 Å². The van der Waals surface area contributed by atoms with E-state index in [9.17, 15) is 4.39 Å². The van der Waals surface area contributed by atoms with Gasteiger partial charge in [0, 0.05) is 18.7 Å². The molecule has 0 heterocycles. The van der Waals surface area contributed by atoms with Gasteiger partial charge in [0.15, 0.2) is 11.6 Å². The van der Waals surface area contributed by atoms with E-state index in [4.69, 9.17) is 9.47 Å². The zero-order valence-electron chi connectivity index (χ0n) is 12.5. The standard InChI is InChI=1S/C17H20FNO2/c1-12(2)19-11-13-7-8-17(16(18)9-13)21-15-6-4-5-14(10-15)20-3/h4-10,12,19H,11H2,1-3H3. The minimum Gasteiger partial charge on any atom is -0.497 e. The molecule has 0 amide bonds. The fraction of sp³-hybridized carbons (Fsp3) is 0.294. The Bertz CT molecular complexity index is 599. The molecule has 3 nitrogen and oxygen atoms in total. The second-order valence-electron chi connectivity index (χ2n) is 5.08. The van der Waals surface area contributed by atoms with E-state index in [0.717, 1.165) is 5.56 Å². The Morgan fingerprint density at radius 1 is 1.10 bits per heavy atom. The largest absolute Gasteiger partial charge is 0.497 e. The van der Waals surface area contributed by atoms with E-state index in [1.54, 1.807) is 31.4 Å². The highest BCUT2D eigenvalue weighted by Crippen LogP contribution is 2.27. The molecule has 0 saturated carbocycles. The molecular formula is C17H20FNO2. The van der Waals surface area contributed by atoms with Gasteiger partial charge in [-0.05, 0) is 29.8 Å². The van der Waals surface area contributed by atoms with Crippen molar-refractivity contribution in [2.24, 2.45) is 0 Å². The SMILES string of the molecule is COc1cccc(Oc2ccc(CNC(C)C)cc2F)c1. The average molecular weight is 289 g/mol. The number of methoxy groups -OCH3 is 1. The third kappa shape index (κ3) is 4.46. The molecule has 2 rings (SSSR count). The van der Waals surface area contributed by atoms with Crippen molar-refractivity contribution in [3.63, 3.8) is 0 Å². The van der Waals surface area contributed by atoms with E-state index in [0.29, 0.717) is 24.1 Å². The minimum absolute atomic E-state index is 0.205. The Morgan fingerprint density at radius 2 is 1.86 bits per heavy atom. The molecular weight excluding hydrogens is 269 g/mol. The second kappa shape index (κ2) is 7.09. The first-order valence-corrected chi connectivity index (χ1v) is 6.92. The molecule has 112 valence electrons. The molecule has 0 bridgehead atoms. The average Bonchev–Trinajstić information content (AvgIpc) is 2.48. The summed E-state index contributed by atoms with van der Waals surface area (Å²) in [6.07, 6.45) is 0. The van der Waals surface area contributed by atoms with Crippen LogP contribution in [0.25, 0.3) is 0 Å². The smallest absolute Gasteiger partial charge is 0.166 e. The van der Waals surface area contributed by atoms with Crippen molar-refractivity contribution in [3.05, 3.63) is 53.8 Å². The van der Waals surface area contributed by atoms with Gasteiger partial charge in [-0.3, -0.25) is 0 Å². The molecule has 0 unspecified atom stereocenters. The van der Waals surface area contributed by atoms with Crippen LogP contribution < -0.4 is 14.8 Å². The van der Waals surface area contributed by atoms with Crippen LogP contribution in [-0.4, -0.2) is 13.2 Å². The normalized spacial score (nSPS) is 10.7. The van der Waals surface area contributed by atoms with Crippen molar-refractivity contribution in [1.29, 1.82) is 0 Å². The topological polar surface area (TPSA) is 30.5 Å². The van der Waals surface area contributed by atoms with E-state index in [2.05, 4.69) is 19.2 Å². The monoisotopic (exact) mass is 289 g/mol. The van der Waals surface area contributed by atoms with Gasteiger partial charge in [-0.15, -0.1) is 0 Å². The van der Waals surface area contributed by atoms with Crippen LogP contribution in [0.4, 0.5) is 4.39 Å². The quantitative estimate of drug-likeness (QED) is 0.867.